The number of halogens is 5. The van der Waals surface area contributed by atoms with Crippen LogP contribution in [0.15, 0.2) is 78.9 Å². The quantitative estimate of drug-likeness (QED) is 0.202. The van der Waals surface area contributed by atoms with Crippen molar-refractivity contribution in [1.29, 1.82) is 0 Å². The fourth-order valence-corrected chi connectivity index (χ4v) is 4.76. The normalized spacial score (nSPS) is 11.8. The summed E-state index contributed by atoms with van der Waals surface area (Å²) in [5.74, 6) is 0.233. The number of rotatable bonds is 6. The van der Waals surface area contributed by atoms with Gasteiger partial charge in [0, 0.05) is 21.5 Å². The molecule has 3 nitrogen and oxygen atoms in total. The first-order valence-corrected chi connectivity index (χ1v) is 12.3. The number of alkyl halides is 3. The van der Waals surface area contributed by atoms with E-state index in [4.69, 9.17) is 16.3 Å². The Kier molecular flexibility index (Phi) is 6.88. The van der Waals surface area contributed by atoms with Crippen molar-refractivity contribution in [2.75, 3.05) is 0 Å². The SMILES string of the molecule is Cc1cccc(C)c1OCc1cccc(-c2c3cccc(C(F)(F)F)c3nn2Cc2ccc(Cl)cc2F)c1. The predicted octanol–water partition coefficient (Wildman–Crippen LogP) is 8.76. The topological polar surface area (TPSA) is 27.1 Å². The lowest BCUT2D eigenvalue weighted by molar-refractivity contribution is -0.136. The number of aromatic nitrogens is 2. The number of para-hydroxylation sites is 1. The molecule has 0 fully saturated rings. The van der Waals surface area contributed by atoms with Gasteiger partial charge >= 0.3 is 6.18 Å². The predicted molar refractivity (Wildman–Crippen MR) is 141 cm³/mol. The molecule has 5 rings (SSSR count). The van der Waals surface area contributed by atoms with Crippen LogP contribution in [0, 0.1) is 19.7 Å². The van der Waals surface area contributed by atoms with Gasteiger partial charge in [-0.3, -0.25) is 4.68 Å². The molecule has 0 aliphatic rings. The summed E-state index contributed by atoms with van der Waals surface area (Å²) in [5.41, 5.74) is 3.16. The molecule has 0 aliphatic heterocycles. The highest BCUT2D eigenvalue weighted by atomic mass is 35.5. The zero-order chi connectivity index (χ0) is 27.0. The zero-order valence-electron chi connectivity index (χ0n) is 20.6. The number of fused-ring (bicyclic) bond motifs is 1. The Hall–Kier alpha value is -3.84. The van der Waals surface area contributed by atoms with Gasteiger partial charge in [-0.25, -0.2) is 4.39 Å². The standard InChI is InChI=1S/C30H23ClF4N2O/c1-18-6-3-7-19(2)29(18)38-17-20-8-4-9-21(14-20)28-24-10-5-11-25(30(33,34)35)27(24)36-37(28)16-22-12-13-23(31)15-26(22)32/h3-15H,16-17H2,1-2H3. The first kappa shape index (κ1) is 25.8. The third-order valence-electron chi connectivity index (χ3n) is 6.40. The van der Waals surface area contributed by atoms with Crippen LogP contribution in [0.2, 0.25) is 5.02 Å². The van der Waals surface area contributed by atoms with Crippen molar-refractivity contribution in [1.82, 2.24) is 9.78 Å². The molecule has 194 valence electrons. The molecule has 0 saturated heterocycles. The molecule has 0 amide bonds. The van der Waals surface area contributed by atoms with Crippen molar-refractivity contribution in [3.05, 3.63) is 118 Å². The Morgan fingerprint density at radius 3 is 2.32 bits per heavy atom. The van der Waals surface area contributed by atoms with Gasteiger partial charge in [-0.05, 0) is 54.8 Å². The van der Waals surface area contributed by atoms with Gasteiger partial charge in [-0.2, -0.15) is 18.3 Å². The first-order chi connectivity index (χ1) is 18.1. The Labute approximate surface area is 222 Å². The van der Waals surface area contributed by atoms with Crippen LogP contribution in [-0.2, 0) is 19.3 Å². The maximum atomic E-state index is 14.7. The van der Waals surface area contributed by atoms with Gasteiger partial charge in [-0.1, -0.05) is 66.2 Å². The van der Waals surface area contributed by atoms with E-state index in [2.05, 4.69) is 5.10 Å². The molecule has 0 radical (unpaired) electrons. The van der Waals surface area contributed by atoms with E-state index in [9.17, 15) is 17.6 Å². The van der Waals surface area contributed by atoms with Crippen molar-refractivity contribution in [2.45, 2.75) is 33.2 Å². The van der Waals surface area contributed by atoms with E-state index in [0.29, 0.717) is 16.6 Å². The van der Waals surface area contributed by atoms with Gasteiger partial charge < -0.3 is 4.74 Å². The van der Waals surface area contributed by atoms with Crippen molar-refractivity contribution >= 4 is 22.5 Å². The van der Waals surface area contributed by atoms with Gasteiger partial charge in [-0.15, -0.1) is 0 Å². The minimum absolute atomic E-state index is 0.0759. The molecule has 1 aromatic heterocycles. The summed E-state index contributed by atoms with van der Waals surface area (Å²) < 4.78 is 63.7. The number of hydrogen-bond donors (Lipinski definition) is 0. The van der Waals surface area contributed by atoms with E-state index in [1.54, 1.807) is 12.1 Å². The molecule has 38 heavy (non-hydrogen) atoms. The van der Waals surface area contributed by atoms with Gasteiger partial charge in [0.15, 0.2) is 0 Å². The van der Waals surface area contributed by atoms with Crippen LogP contribution in [0.3, 0.4) is 0 Å². The van der Waals surface area contributed by atoms with Gasteiger partial charge in [0.25, 0.3) is 0 Å². The molecular formula is C30H23ClF4N2O. The fraction of sp³-hybridized carbons (Fsp3) is 0.167. The minimum Gasteiger partial charge on any atom is -0.488 e. The summed E-state index contributed by atoms with van der Waals surface area (Å²) in [7, 11) is 0. The van der Waals surface area contributed by atoms with E-state index in [0.717, 1.165) is 28.5 Å². The third kappa shape index (κ3) is 5.11. The van der Waals surface area contributed by atoms with Crippen LogP contribution >= 0.6 is 11.6 Å². The molecule has 4 aromatic carbocycles. The summed E-state index contributed by atoms with van der Waals surface area (Å²) in [6.45, 7) is 4.13. The molecular weight excluding hydrogens is 516 g/mol. The summed E-state index contributed by atoms with van der Waals surface area (Å²) in [6.07, 6.45) is -4.59. The van der Waals surface area contributed by atoms with Crippen LogP contribution in [-0.4, -0.2) is 9.78 Å². The maximum absolute atomic E-state index is 14.7. The van der Waals surface area contributed by atoms with Crippen LogP contribution in [0.5, 0.6) is 5.75 Å². The highest BCUT2D eigenvalue weighted by molar-refractivity contribution is 6.30. The monoisotopic (exact) mass is 538 g/mol. The minimum atomic E-state index is -4.59. The molecule has 5 aromatic rings. The van der Waals surface area contributed by atoms with Crippen LogP contribution in [0.1, 0.15) is 27.8 Å². The van der Waals surface area contributed by atoms with Crippen molar-refractivity contribution in [3.8, 4) is 17.0 Å². The molecule has 1 heterocycles. The second-order valence-electron chi connectivity index (χ2n) is 9.15. The summed E-state index contributed by atoms with van der Waals surface area (Å²) in [4.78, 5) is 0. The highest BCUT2D eigenvalue weighted by Gasteiger charge is 2.34. The lowest BCUT2D eigenvalue weighted by Gasteiger charge is -2.13. The second kappa shape index (κ2) is 10.1. The van der Waals surface area contributed by atoms with Gasteiger partial charge in [0.05, 0.1) is 17.8 Å². The van der Waals surface area contributed by atoms with Crippen LogP contribution < -0.4 is 4.74 Å². The van der Waals surface area contributed by atoms with Crippen LogP contribution in [0.25, 0.3) is 22.2 Å². The third-order valence-corrected chi connectivity index (χ3v) is 6.64. The van der Waals surface area contributed by atoms with Gasteiger partial charge in [0.1, 0.15) is 23.7 Å². The van der Waals surface area contributed by atoms with E-state index < -0.39 is 17.6 Å². The first-order valence-electron chi connectivity index (χ1n) is 11.9. The Balaban J connectivity index is 1.60. The number of benzene rings is 4. The fourth-order valence-electron chi connectivity index (χ4n) is 4.60. The molecule has 0 unspecified atom stereocenters. The van der Waals surface area contributed by atoms with E-state index in [1.165, 1.54) is 28.9 Å². The molecule has 0 spiro atoms. The Morgan fingerprint density at radius 1 is 0.895 bits per heavy atom. The number of nitrogens with zero attached hydrogens (tertiary/aromatic N) is 2. The van der Waals surface area contributed by atoms with Crippen molar-refractivity contribution in [3.63, 3.8) is 0 Å². The maximum Gasteiger partial charge on any atom is 0.418 e. The highest BCUT2D eigenvalue weighted by Crippen LogP contribution is 2.38. The van der Waals surface area contributed by atoms with E-state index in [-0.39, 0.29) is 29.3 Å². The molecule has 0 N–H and O–H groups in total. The van der Waals surface area contributed by atoms with Crippen LogP contribution in [0.4, 0.5) is 17.6 Å². The Morgan fingerprint density at radius 2 is 1.61 bits per heavy atom. The Bertz CT molecular complexity index is 1620. The number of hydrogen-bond acceptors (Lipinski definition) is 2. The smallest absolute Gasteiger partial charge is 0.418 e. The van der Waals surface area contributed by atoms with Crippen molar-refractivity contribution < 1.29 is 22.3 Å². The van der Waals surface area contributed by atoms with Crippen molar-refractivity contribution in [2.24, 2.45) is 0 Å². The summed E-state index contributed by atoms with van der Waals surface area (Å²) >= 11 is 5.89. The summed E-state index contributed by atoms with van der Waals surface area (Å²) in [5, 5.41) is 4.88. The molecule has 0 aliphatic carbocycles. The lowest BCUT2D eigenvalue weighted by Crippen LogP contribution is -2.07. The molecule has 8 heteroatoms. The zero-order valence-corrected chi connectivity index (χ0v) is 21.4. The molecule has 0 bridgehead atoms. The lowest BCUT2D eigenvalue weighted by atomic mass is 10.0. The average molecular weight is 539 g/mol. The van der Waals surface area contributed by atoms with E-state index >= 15 is 0 Å². The number of aryl methyl sites for hydroxylation is 2. The molecule has 0 atom stereocenters. The molecule has 0 saturated carbocycles. The second-order valence-corrected chi connectivity index (χ2v) is 9.59. The average Bonchev–Trinajstić information content (AvgIpc) is 3.23. The van der Waals surface area contributed by atoms with Gasteiger partial charge in [0.2, 0.25) is 0 Å². The number of ether oxygens (including phenoxy) is 1. The largest absolute Gasteiger partial charge is 0.488 e. The van der Waals surface area contributed by atoms with E-state index in [1.807, 2.05) is 50.2 Å². The summed E-state index contributed by atoms with van der Waals surface area (Å²) in [6, 6.07) is 21.4.